The molecule has 2 aromatic rings. The molecule has 20 heavy (non-hydrogen) atoms. The molecule has 0 fully saturated rings. The highest BCUT2D eigenvalue weighted by molar-refractivity contribution is 7.90. The van der Waals surface area contributed by atoms with Crippen molar-refractivity contribution >= 4 is 15.5 Å². The molecule has 0 heterocycles. The molecule has 5 nitrogen and oxygen atoms in total. The molecule has 0 aromatic heterocycles. The summed E-state index contributed by atoms with van der Waals surface area (Å²) in [7, 11) is -1.79. The van der Waals surface area contributed by atoms with Crippen molar-refractivity contribution in [3.05, 3.63) is 48.5 Å². The van der Waals surface area contributed by atoms with Gasteiger partial charge in [0.15, 0.2) is 21.3 Å². The molecule has 2 aromatic carbocycles. The molecule has 0 spiro atoms. The van der Waals surface area contributed by atoms with Crippen LogP contribution in [0.3, 0.4) is 0 Å². The van der Waals surface area contributed by atoms with E-state index in [0.717, 1.165) is 6.26 Å². The van der Waals surface area contributed by atoms with Gasteiger partial charge in [0.25, 0.3) is 0 Å². The number of nitrogens with one attached hydrogen (secondary N) is 1. The third-order valence-electron chi connectivity index (χ3n) is 2.63. The Morgan fingerprint density at radius 2 is 1.55 bits per heavy atom. The number of benzene rings is 2. The van der Waals surface area contributed by atoms with Crippen LogP contribution in [-0.2, 0) is 9.84 Å². The average Bonchev–Trinajstić information content (AvgIpc) is 2.44. The summed E-state index contributed by atoms with van der Waals surface area (Å²) in [4.78, 5) is 5.59. The first-order valence-corrected chi connectivity index (χ1v) is 7.76. The summed E-state index contributed by atoms with van der Waals surface area (Å²) < 4.78 is 28.5. The lowest BCUT2D eigenvalue weighted by molar-refractivity contribution is 0.350. The average molecular weight is 293 g/mol. The molecule has 0 saturated heterocycles. The van der Waals surface area contributed by atoms with Crippen molar-refractivity contribution in [1.82, 2.24) is 0 Å². The predicted molar refractivity (Wildman–Crippen MR) is 76.8 cm³/mol. The van der Waals surface area contributed by atoms with Gasteiger partial charge in [0.1, 0.15) is 0 Å². The van der Waals surface area contributed by atoms with Gasteiger partial charge in [0.05, 0.1) is 17.7 Å². The summed E-state index contributed by atoms with van der Waals surface area (Å²) in [6.45, 7) is 0. The van der Waals surface area contributed by atoms with Crippen LogP contribution in [0.4, 0.5) is 5.69 Å². The number of methoxy groups -OCH3 is 1. The molecule has 0 aliphatic heterocycles. The molecule has 0 aliphatic rings. The molecule has 0 unspecified atom stereocenters. The highest BCUT2D eigenvalue weighted by Gasteiger charge is 2.13. The van der Waals surface area contributed by atoms with E-state index in [1.807, 2.05) is 6.07 Å². The number of hydrogen-bond acceptors (Lipinski definition) is 5. The van der Waals surface area contributed by atoms with Crippen LogP contribution < -0.4 is 15.1 Å². The van der Waals surface area contributed by atoms with Crippen LogP contribution in [0.15, 0.2) is 53.4 Å². The van der Waals surface area contributed by atoms with Crippen molar-refractivity contribution < 1.29 is 18.0 Å². The first-order chi connectivity index (χ1) is 9.52. The van der Waals surface area contributed by atoms with E-state index in [1.54, 1.807) is 36.4 Å². The number of ether oxygens (including phenoxy) is 1. The third kappa shape index (κ3) is 3.21. The molecule has 0 atom stereocenters. The van der Waals surface area contributed by atoms with Gasteiger partial charge in [0, 0.05) is 6.26 Å². The third-order valence-corrected chi connectivity index (χ3v) is 3.78. The summed E-state index contributed by atoms with van der Waals surface area (Å²) in [6, 6.07) is 13.6. The smallest absolute Gasteiger partial charge is 0.196 e. The SMILES string of the molecule is COc1ccccc1ONc1ccccc1S(C)(=O)=O. The van der Waals surface area contributed by atoms with E-state index in [1.165, 1.54) is 13.2 Å². The topological polar surface area (TPSA) is 64.6 Å². The Labute approximate surface area is 118 Å². The molecule has 0 bridgehead atoms. The van der Waals surface area contributed by atoms with E-state index < -0.39 is 9.84 Å². The highest BCUT2D eigenvalue weighted by Crippen LogP contribution is 2.27. The van der Waals surface area contributed by atoms with Gasteiger partial charge in [-0.3, -0.25) is 0 Å². The van der Waals surface area contributed by atoms with Crippen LogP contribution in [0.25, 0.3) is 0 Å². The summed E-state index contributed by atoms with van der Waals surface area (Å²) in [5.74, 6) is 1.02. The Kier molecular flexibility index (Phi) is 4.14. The van der Waals surface area contributed by atoms with Gasteiger partial charge in [-0.1, -0.05) is 24.3 Å². The first-order valence-electron chi connectivity index (χ1n) is 5.87. The second-order valence-electron chi connectivity index (χ2n) is 4.12. The molecule has 6 heteroatoms. The van der Waals surface area contributed by atoms with Crippen molar-refractivity contribution in [3.8, 4) is 11.5 Å². The molecule has 106 valence electrons. The zero-order valence-electron chi connectivity index (χ0n) is 11.2. The molecule has 0 aliphatic carbocycles. The highest BCUT2D eigenvalue weighted by atomic mass is 32.2. The predicted octanol–water partition coefficient (Wildman–Crippen LogP) is 2.50. The van der Waals surface area contributed by atoms with E-state index in [2.05, 4.69) is 5.48 Å². The minimum absolute atomic E-state index is 0.176. The molecule has 2 rings (SSSR count). The Morgan fingerprint density at radius 3 is 2.20 bits per heavy atom. The van der Waals surface area contributed by atoms with Crippen molar-refractivity contribution in [2.24, 2.45) is 0 Å². The standard InChI is InChI=1S/C14H15NO4S/c1-18-12-8-4-5-9-13(12)19-15-11-7-3-6-10-14(11)20(2,16)17/h3-10,15H,1-2H3. The lowest BCUT2D eigenvalue weighted by Crippen LogP contribution is -2.10. The van der Waals surface area contributed by atoms with E-state index in [9.17, 15) is 8.42 Å². The minimum atomic E-state index is -3.33. The number of sulfone groups is 1. The van der Waals surface area contributed by atoms with E-state index in [0.29, 0.717) is 17.2 Å². The van der Waals surface area contributed by atoms with Crippen molar-refractivity contribution in [1.29, 1.82) is 0 Å². The van der Waals surface area contributed by atoms with Crippen molar-refractivity contribution in [2.45, 2.75) is 4.90 Å². The fraction of sp³-hybridized carbons (Fsp3) is 0.143. The molecule has 1 N–H and O–H groups in total. The van der Waals surface area contributed by atoms with E-state index >= 15 is 0 Å². The van der Waals surface area contributed by atoms with Crippen LogP contribution in [0.5, 0.6) is 11.5 Å². The van der Waals surface area contributed by atoms with Gasteiger partial charge in [-0.2, -0.15) is 0 Å². The number of rotatable bonds is 5. The van der Waals surface area contributed by atoms with E-state index in [4.69, 9.17) is 9.57 Å². The van der Waals surface area contributed by atoms with Gasteiger partial charge in [-0.15, -0.1) is 0 Å². The van der Waals surface area contributed by atoms with Crippen LogP contribution >= 0.6 is 0 Å². The number of hydrogen-bond donors (Lipinski definition) is 1. The lowest BCUT2D eigenvalue weighted by Gasteiger charge is -2.13. The van der Waals surface area contributed by atoms with Crippen LogP contribution in [-0.4, -0.2) is 21.8 Å². The molecule has 0 radical (unpaired) electrons. The van der Waals surface area contributed by atoms with E-state index in [-0.39, 0.29) is 4.90 Å². The Balaban J connectivity index is 2.24. The fourth-order valence-corrected chi connectivity index (χ4v) is 2.52. The van der Waals surface area contributed by atoms with Gasteiger partial charge in [0.2, 0.25) is 0 Å². The zero-order valence-corrected chi connectivity index (χ0v) is 12.0. The largest absolute Gasteiger partial charge is 0.493 e. The minimum Gasteiger partial charge on any atom is -0.493 e. The maximum Gasteiger partial charge on any atom is 0.196 e. The second-order valence-corrected chi connectivity index (χ2v) is 6.11. The van der Waals surface area contributed by atoms with Crippen LogP contribution in [0, 0.1) is 0 Å². The van der Waals surface area contributed by atoms with Crippen molar-refractivity contribution in [2.75, 3.05) is 18.8 Å². The summed E-state index contributed by atoms with van der Waals surface area (Å²) in [5.41, 5.74) is 3.03. The Bertz CT molecular complexity index is 698. The van der Waals surface area contributed by atoms with Gasteiger partial charge in [-0.25, -0.2) is 13.9 Å². The Morgan fingerprint density at radius 1 is 0.950 bits per heavy atom. The normalized spacial score (nSPS) is 10.9. The molecular formula is C14H15NO4S. The van der Waals surface area contributed by atoms with Gasteiger partial charge < -0.3 is 9.57 Å². The number of anilines is 1. The molecule has 0 saturated carbocycles. The number of para-hydroxylation sites is 3. The monoisotopic (exact) mass is 293 g/mol. The summed E-state index contributed by atoms with van der Waals surface area (Å²) >= 11 is 0. The summed E-state index contributed by atoms with van der Waals surface area (Å²) in [5, 5.41) is 0. The first kappa shape index (κ1) is 14.2. The molecule has 0 amide bonds. The van der Waals surface area contributed by atoms with Crippen molar-refractivity contribution in [3.63, 3.8) is 0 Å². The quantitative estimate of drug-likeness (QED) is 0.858. The second kappa shape index (κ2) is 5.83. The summed E-state index contributed by atoms with van der Waals surface area (Å²) in [6.07, 6.45) is 1.15. The fourth-order valence-electron chi connectivity index (χ4n) is 1.69. The van der Waals surface area contributed by atoms with Gasteiger partial charge in [-0.05, 0) is 24.3 Å². The van der Waals surface area contributed by atoms with Crippen LogP contribution in [0.2, 0.25) is 0 Å². The maximum atomic E-state index is 11.7. The lowest BCUT2D eigenvalue weighted by atomic mass is 10.3. The van der Waals surface area contributed by atoms with Crippen LogP contribution in [0.1, 0.15) is 0 Å². The van der Waals surface area contributed by atoms with Gasteiger partial charge >= 0.3 is 0 Å². The zero-order chi connectivity index (χ0) is 14.6. The maximum absolute atomic E-state index is 11.7. The molecular weight excluding hydrogens is 278 g/mol. The Hall–Kier alpha value is -2.21.